The summed E-state index contributed by atoms with van der Waals surface area (Å²) in [7, 11) is -3.57. The van der Waals surface area contributed by atoms with Crippen LogP contribution in [0.15, 0.2) is 44.4 Å². The van der Waals surface area contributed by atoms with Crippen molar-refractivity contribution in [2.45, 2.75) is 11.1 Å². The monoisotopic (exact) mass is 497 g/mol. The van der Waals surface area contributed by atoms with Gasteiger partial charge in [-0.25, -0.2) is 12.8 Å². The van der Waals surface area contributed by atoms with Crippen molar-refractivity contribution < 1.29 is 17.6 Å². The van der Waals surface area contributed by atoms with Crippen LogP contribution in [-0.2, 0) is 10.0 Å². The molecule has 1 saturated heterocycles. The molecule has 3 aromatic rings. The second kappa shape index (κ2) is 7.75. The van der Waals surface area contributed by atoms with Gasteiger partial charge in [0.25, 0.3) is 15.9 Å². The molecule has 0 bridgehead atoms. The summed E-state index contributed by atoms with van der Waals surface area (Å²) in [5.41, 5.74) is 1.50. The van der Waals surface area contributed by atoms with Crippen LogP contribution >= 0.6 is 27.3 Å². The normalized spacial score (nSPS) is 15.8. The van der Waals surface area contributed by atoms with E-state index in [1.165, 1.54) is 27.8 Å². The third-order valence-electron chi connectivity index (χ3n) is 4.80. The lowest BCUT2D eigenvalue weighted by Crippen LogP contribution is -2.50. The fourth-order valence-corrected chi connectivity index (χ4v) is 6.96. The Morgan fingerprint density at radius 2 is 1.86 bits per heavy atom. The van der Waals surface area contributed by atoms with Crippen LogP contribution in [0, 0.1) is 12.7 Å². The number of sulfonamides is 1. The Bertz CT molecular complexity index is 1200. The number of aromatic nitrogens is 1. The maximum atomic E-state index is 13.6. The Kier molecular flexibility index (Phi) is 5.45. The first-order chi connectivity index (χ1) is 13.8. The smallest absolute Gasteiger partial charge is 0.254 e. The number of amides is 1. The van der Waals surface area contributed by atoms with E-state index < -0.39 is 15.8 Å². The van der Waals surface area contributed by atoms with E-state index in [1.54, 1.807) is 36.1 Å². The first kappa shape index (κ1) is 20.4. The first-order valence-electron chi connectivity index (χ1n) is 8.87. The predicted molar refractivity (Wildman–Crippen MR) is 113 cm³/mol. The number of carbonyl (C=O) groups excluding carboxylic acids is 1. The number of hydrogen-bond acceptors (Lipinski definition) is 5. The van der Waals surface area contributed by atoms with Gasteiger partial charge >= 0.3 is 0 Å². The summed E-state index contributed by atoms with van der Waals surface area (Å²) in [4.78, 5) is 19.0. The molecule has 0 atom stereocenters. The molecular formula is C19H17BrFN3O3S2. The Balaban J connectivity index is 1.55. The molecule has 6 nitrogen and oxygen atoms in total. The van der Waals surface area contributed by atoms with Crippen molar-refractivity contribution in [1.29, 1.82) is 0 Å². The number of hydrogen-bond donors (Lipinski definition) is 0. The molecule has 0 radical (unpaired) electrons. The van der Waals surface area contributed by atoms with E-state index in [4.69, 9.17) is 0 Å². The standard InChI is InChI=1S/C19H17BrFN3O3S2/c1-12-10-15(14-3-2-13(21)11-16(14)22-12)19(25)23-6-8-24(9-7-23)29(26,27)18-5-4-17(20)28-18/h2-5,10-11H,6-9H2,1H3. The Hall–Kier alpha value is -1.88. The highest BCUT2D eigenvalue weighted by Gasteiger charge is 2.31. The van der Waals surface area contributed by atoms with Gasteiger partial charge < -0.3 is 4.90 Å². The van der Waals surface area contributed by atoms with E-state index >= 15 is 0 Å². The minimum atomic E-state index is -3.57. The maximum Gasteiger partial charge on any atom is 0.254 e. The molecule has 0 spiro atoms. The third kappa shape index (κ3) is 3.94. The second-order valence-corrected chi connectivity index (χ2v) is 11.4. The van der Waals surface area contributed by atoms with E-state index in [-0.39, 0.29) is 36.3 Å². The molecule has 1 aromatic carbocycles. The fraction of sp³-hybridized carbons (Fsp3) is 0.263. The number of aryl methyl sites for hydroxylation is 1. The quantitative estimate of drug-likeness (QED) is 0.553. The van der Waals surface area contributed by atoms with Crippen molar-refractivity contribution in [3.63, 3.8) is 0 Å². The highest BCUT2D eigenvalue weighted by molar-refractivity contribution is 9.11. The third-order valence-corrected chi connectivity index (χ3v) is 8.79. The number of piperazine rings is 1. The summed E-state index contributed by atoms with van der Waals surface area (Å²) in [6, 6.07) is 9.14. The predicted octanol–water partition coefficient (Wildman–Crippen LogP) is 3.65. The molecule has 0 N–H and O–H groups in total. The van der Waals surface area contributed by atoms with Crippen molar-refractivity contribution in [1.82, 2.24) is 14.2 Å². The summed E-state index contributed by atoms with van der Waals surface area (Å²) >= 11 is 4.45. The van der Waals surface area contributed by atoms with Crippen LogP contribution in [0.1, 0.15) is 16.1 Å². The number of nitrogens with zero attached hydrogens (tertiary/aromatic N) is 3. The fourth-order valence-electron chi connectivity index (χ4n) is 3.38. The SMILES string of the molecule is Cc1cc(C(=O)N2CCN(S(=O)(=O)c3ccc(Br)s3)CC2)c2ccc(F)cc2n1. The molecule has 152 valence electrons. The zero-order valence-corrected chi connectivity index (χ0v) is 18.7. The molecule has 10 heteroatoms. The van der Waals surface area contributed by atoms with E-state index in [0.29, 0.717) is 22.2 Å². The zero-order valence-electron chi connectivity index (χ0n) is 15.4. The number of halogens is 2. The molecule has 0 unspecified atom stereocenters. The Labute approximate surface area is 180 Å². The lowest BCUT2D eigenvalue weighted by molar-refractivity contribution is 0.0700. The van der Waals surface area contributed by atoms with Crippen molar-refractivity contribution in [2.75, 3.05) is 26.2 Å². The van der Waals surface area contributed by atoms with Gasteiger partial charge in [0, 0.05) is 43.3 Å². The molecule has 1 fully saturated rings. The van der Waals surface area contributed by atoms with Gasteiger partial charge in [-0.1, -0.05) is 0 Å². The van der Waals surface area contributed by atoms with Crippen LogP contribution < -0.4 is 0 Å². The van der Waals surface area contributed by atoms with Gasteiger partial charge in [-0.2, -0.15) is 4.31 Å². The minimum Gasteiger partial charge on any atom is -0.336 e. The van der Waals surface area contributed by atoms with Crippen LogP contribution in [-0.4, -0.2) is 54.7 Å². The summed E-state index contributed by atoms with van der Waals surface area (Å²) in [5, 5.41) is 0.584. The van der Waals surface area contributed by atoms with E-state index in [2.05, 4.69) is 20.9 Å². The molecule has 1 aliphatic rings. The number of fused-ring (bicyclic) bond motifs is 1. The molecule has 0 saturated carbocycles. The van der Waals surface area contributed by atoms with Crippen molar-refractivity contribution in [3.8, 4) is 0 Å². The topological polar surface area (TPSA) is 70.6 Å². The molecule has 1 aliphatic heterocycles. The minimum absolute atomic E-state index is 0.206. The molecule has 0 aliphatic carbocycles. The highest BCUT2D eigenvalue weighted by Crippen LogP contribution is 2.29. The van der Waals surface area contributed by atoms with Crippen LogP contribution in [0.2, 0.25) is 0 Å². The number of rotatable bonds is 3. The second-order valence-electron chi connectivity index (χ2n) is 6.73. The summed E-state index contributed by atoms with van der Waals surface area (Å²) in [5.74, 6) is -0.615. The number of thiophene rings is 1. The van der Waals surface area contributed by atoms with Gasteiger partial charge in [-0.05, 0) is 53.2 Å². The molecule has 3 heterocycles. The van der Waals surface area contributed by atoms with Crippen molar-refractivity contribution in [3.05, 3.63) is 57.3 Å². The van der Waals surface area contributed by atoms with Gasteiger partial charge in [0.2, 0.25) is 0 Å². The Morgan fingerprint density at radius 3 is 2.52 bits per heavy atom. The number of pyridine rings is 1. The van der Waals surface area contributed by atoms with E-state index in [0.717, 1.165) is 3.79 Å². The average Bonchev–Trinajstić information content (AvgIpc) is 3.14. The maximum absolute atomic E-state index is 13.6. The summed E-state index contributed by atoms with van der Waals surface area (Å²) < 4.78 is 41.5. The van der Waals surface area contributed by atoms with Gasteiger partial charge in [0.1, 0.15) is 10.0 Å². The van der Waals surface area contributed by atoms with Crippen molar-refractivity contribution >= 4 is 54.1 Å². The lowest BCUT2D eigenvalue weighted by Gasteiger charge is -2.34. The van der Waals surface area contributed by atoms with Crippen molar-refractivity contribution in [2.24, 2.45) is 0 Å². The zero-order chi connectivity index (χ0) is 20.8. The van der Waals surface area contributed by atoms with Gasteiger partial charge in [0.15, 0.2) is 0 Å². The number of carbonyl (C=O) groups is 1. The van der Waals surface area contributed by atoms with Gasteiger partial charge in [0.05, 0.1) is 14.9 Å². The molecule has 29 heavy (non-hydrogen) atoms. The average molecular weight is 498 g/mol. The van der Waals surface area contributed by atoms with Crippen LogP contribution in [0.3, 0.4) is 0 Å². The Morgan fingerprint density at radius 1 is 1.14 bits per heavy atom. The van der Waals surface area contributed by atoms with Crippen LogP contribution in [0.4, 0.5) is 4.39 Å². The lowest BCUT2D eigenvalue weighted by atomic mass is 10.1. The van der Waals surface area contributed by atoms with E-state index in [1.807, 2.05) is 0 Å². The van der Waals surface area contributed by atoms with Gasteiger partial charge in [-0.15, -0.1) is 11.3 Å². The number of benzene rings is 1. The van der Waals surface area contributed by atoms with Gasteiger partial charge in [-0.3, -0.25) is 9.78 Å². The van der Waals surface area contributed by atoms with E-state index in [9.17, 15) is 17.6 Å². The summed E-state index contributed by atoms with van der Waals surface area (Å²) in [6.07, 6.45) is 0. The molecule has 4 rings (SSSR count). The largest absolute Gasteiger partial charge is 0.336 e. The summed E-state index contributed by atoms with van der Waals surface area (Å²) in [6.45, 7) is 2.77. The molecular weight excluding hydrogens is 481 g/mol. The van der Waals surface area contributed by atoms with Crippen LogP contribution in [0.5, 0.6) is 0 Å². The van der Waals surface area contributed by atoms with Crippen LogP contribution in [0.25, 0.3) is 10.9 Å². The molecule has 2 aromatic heterocycles. The first-order valence-corrected chi connectivity index (χ1v) is 11.9. The molecule has 1 amide bonds. The highest BCUT2D eigenvalue weighted by atomic mass is 79.9.